The number of thioether (sulfide) groups is 1. The van der Waals surface area contributed by atoms with Crippen molar-refractivity contribution in [2.75, 3.05) is 12.3 Å². The molecule has 120 valence electrons. The van der Waals surface area contributed by atoms with Gasteiger partial charge in [-0.3, -0.25) is 4.79 Å². The van der Waals surface area contributed by atoms with Gasteiger partial charge in [-0.2, -0.15) is 0 Å². The Bertz CT molecular complexity index is 676. The minimum Gasteiger partial charge on any atom is -0.325 e. The Hall–Kier alpha value is -1.45. The summed E-state index contributed by atoms with van der Waals surface area (Å²) >= 11 is 7.93. The highest BCUT2D eigenvalue weighted by molar-refractivity contribution is 7.99. The molecule has 0 unspecified atom stereocenters. The van der Waals surface area contributed by atoms with Crippen LogP contribution in [-0.4, -0.2) is 23.1 Å². The van der Waals surface area contributed by atoms with Crippen LogP contribution in [0.3, 0.4) is 0 Å². The van der Waals surface area contributed by atoms with Crippen molar-refractivity contribution in [3.63, 3.8) is 0 Å². The molecule has 1 aliphatic rings. The van der Waals surface area contributed by atoms with Gasteiger partial charge in [-0.05, 0) is 29.7 Å². The van der Waals surface area contributed by atoms with Gasteiger partial charge in [0.1, 0.15) is 5.37 Å². The maximum atomic E-state index is 13.1. The first-order chi connectivity index (χ1) is 11.2. The van der Waals surface area contributed by atoms with Gasteiger partial charge in [0, 0.05) is 17.3 Å². The second kappa shape index (κ2) is 7.41. The number of carbonyl (C=O) groups is 1. The number of amides is 1. The predicted molar refractivity (Wildman–Crippen MR) is 97.8 cm³/mol. The standard InChI is InChI=1S/C19H20ClNOS/c1-2-17(14-7-4-3-5-8-14)18(22)21-11-12-23-19(21)15-9-6-10-16(20)13-15/h3-10,13,17,19H,2,11-12H2,1H3/t17-,19+/m0/s1. The topological polar surface area (TPSA) is 20.3 Å². The molecule has 1 amide bonds. The molecule has 1 aliphatic heterocycles. The number of rotatable bonds is 4. The number of benzene rings is 2. The van der Waals surface area contributed by atoms with E-state index in [-0.39, 0.29) is 17.2 Å². The highest BCUT2D eigenvalue weighted by atomic mass is 35.5. The molecular formula is C19H20ClNOS. The Morgan fingerprint density at radius 1 is 1.26 bits per heavy atom. The molecule has 1 saturated heterocycles. The lowest BCUT2D eigenvalue weighted by molar-refractivity contribution is -0.133. The average molecular weight is 346 g/mol. The van der Waals surface area contributed by atoms with E-state index in [0.717, 1.165) is 34.9 Å². The van der Waals surface area contributed by atoms with Gasteiger partial charge in [0.05, 0.1) is 5.92 Å². The van der Waals surface area contributed by atoms with Gasteiger partial charge in [0.2, 0.25) is 5.91 Å². The number of nitrogens with zero attached hydrogens (tertiary/aromatic N) is 1. The van der Waals surface area contributed by atoms with Crippen molar-refractivity contribution in [3.05, 3.63) is 70.7 Å². The smallest absolute Gasteiger partial charge is 0.231 e. The van der Waals surface area contributed by atoms with E-state index in [1.54, 1.807) is 0 Å². The number of hydrogen-bond acceptors (Lipinski definition) is 2. The van der Waals surface area contributed by atoms with Crippen LogP contribution in [0, 0.1) is 0 Å². The second-order valence-electron chi connectivity index (χ2n) is 5.68. The third-order valence-electron chi connectivity index (χ3n) is 4.22. The highest BCUT2D eigenvalue weighted by Gasteiger charge is 2.34. The SMILES string of the molecule is CC[C@H](C(=O)N1CCS[C@@H]1c1cccc(Cl)c1)c1ccccc1. The van der Waals surface area contributed by atoms with Gasteiger partial charge >= 0.3 is 0 Å². The minimum atomic E-state index is -0.0726. The maximum absolute atomic E-state index is 13.1. The van der Waals surface area contributed by atoms with Gasteiger partial charge in [0.15, 0.2) is 0 Å². The molecule has 3 rings (SSSR count). The first-order valence-corrected chi connectivity index (χ1v) is 9.36. The van der Waals surface area contributed by atoms with Gasteiger partial charge in [-0.15, -0.1) is 11.8 Å². The zero-order valence-electron chi connectivity index (χ0n) is 13.1. The van der Waals surface area contributed by atoms with E-state index in [1.807, 2.05) is 65.2 Å². The van der Waals surface area contributed by atoms with E-state index < -0.39 is 0 Å². The van der Waals surface area contributed by atoms with Gasteiger partial charge in [-0.1, -0.05) is 61.0 Å². The molecule has 2 nitrogen and oxygen atoms in total. The molecule has 0 saturated carbocycles. The van der Waals surface area contributed by atoms with Gasteiger partial charge in [-0.25, -0.2) is 0 Å². The Labute approximate surface area is 146 Å². The Morgan fingerprint density at radius 3 is 2.74 bits per heavy atom. The van der Waals surface area contributed by atoms with E-state index in [1.165, 1.54) is 0 Å². The fourth-order valence-corrected chi connectivity index (χ4v) is 4.52. The molecule has 2 atom stereocenters. The molecule has 1 fully saturated rings. The minimum absolute atomic E-state index is 0.0685. The quantitative estimate of drug-likeness (QED) is 0.767. The summed E-state index contributed by atoms with van der Waals surface area (Å²) < 4.78 is 0. The zero-order chi connectivity index (χ0) is 16.2. The molecule has 2 aromatic rings. The van der Waals surface area contributed by atoms with E-state index >= 15 is 0 Å². The molecule has 0 aliphatic carbocycles. The Kier molecular flexibility index (Phi) is 5.29. The summed E-state index contributed by atoms with van der Waals surface area (Å²) in [5.74, 6) is 1.11. The first-order valence-electron chi connectivity index (χ1n) is 7.93. The summed E-state index contributed by atoms with van der Waals surface area (Å²) in [7, 11) is 0. The van der Waals surface area contributed by atoms with E-state index in [9.17, 15) is 4.79 Å². The van der Waals surface area contributed by atoms with Crippen LogP contribution in [0.5, 0.6) is 0 Å². The van der Waals surface area contributed by atoms with Gasteiger partial charge in [0.25, 0.3) is 0 Å². The van der Waals surface area contributed by atoms with Crippen molar-refractivity contribution in [1.82, 2.24) is 4.90 Å². The maximum Gasteiger partial charge on any atom is 0.231 e. The molecule has 4 heteroatoms. The molecule has 0 radical (unpaired) electrons. The third kappa shape index (κ3) is 3.56. The summed E-state index contributed by atoms with van der Waals surface area (Å²) in [4.78, 5) is 15.1. The second-order valence-corrected chi connectivity index (χ2v) is 7.31. The molecule has 2 aromatic carbocycles. The van der Waals surface area contributed by atoms with Crippen molar-refractivity contribution in [1.29, 1.82) is 0 Å². The van der Waals surface area contributed by atoms with E-state index in [2.05, 4.69) is 13.0 Å². The van der Waals surface area contributed by atoms with Crippen LogP contribution in [0.1, 0.15) is 35.8 Å². The summed E-state index contributed by atoms with van der Waals surface area (Å²) in [6.45, 7) is 2.87. The summed E-state index contributed by atoms with van der Waals surface area (Å²) in [5, 5.41) is 0.788. The molecule has 0 aromatic heterocycles. The normalized spacial score (nSPS) is 18.9. The lowest BCUT2D eigenvalue weighted by Crippen LogP contribution is -2.34. The van der Waals surface area contributed by atoms with Crippen LogP contribution >= 0.6 is 23.4 Å². The molecule has 23 heavy (non-hydrogen) atoms. The molecule has 0 N–H and O–H groups in total. The number of hydrogen-bond donors (Lipinski definition) is 0. The van der Waals surface area contributed by atoms with Crippen molar-refractivity contribution in [2.24, 2.45) is 0 Å². The van der Waals surface area contributed by atoms with Gasteiger partial charge < -0.3 is 4.90 Å². The summed E-state index contributed by atoms with van der Waals surface area (Å²) in [6, 6.07) is 17.9. The largest absolute Gasteiger partial charge is 0.325 e. The highest BCUT2D eigenvalue weighted by Crippen LogP contribution is 2.40. The number of carbonyl (C=O) groups excluding carboxylic acids is 1. The fourth-order valence-electron chi connectivity index (χ4n) is 3.07. The lowest BCUT2D eigenvalue weighted by atomic mass is 9.95. The van der Waals surface area contributed by atoms with Crippen LogP contribution in [0.2, 0.25) is 5.02 Å². The number of halogens is 1. The first kappa shape index (κ1) is 16.4. The van der Waals surface area contributed by atoms with Crippen molar-refractivity contribution in [3.8, 4) is 0 Å². The Balaban J connectivity index is 1.85. The van der Waals surface area contributed by atoms with Crippen molar-refractivity contribution < 1.29 is 4.79 Å². The third-order valence-corrected chi connectivity index (χ3v) is 5.71. The van der Waals surface area contributed by atoms with Crippen LogP contribution in [-0.2, 0) is 4.79 Å². The summed E-state index contributed by atoms with van der Waals surface area (Å²) in [6.07, 6.45) is 0.812. The fraction of sp³-hybridized carbons (Fsp3) is 0.316. The van der Waals surface area contributed by atoms with Crippen molar-refractivity contribution in [2.45, 2.75) is 24.6 Å². The monoisotopic (exact) mass is 345 g/mol. The molecule has 1 heterocycles. The summed E-state index contributed by atoms with van der Waals surface area (Å²) in [5.41, 5.74) is 2.21. The van der Waals surface area contributed by atoms with Crippen LogP contribution in [0.15, 0.2) is 54.6 Å². The average Bonchev–Trinajstić information content (AvgIpc) is 3.06. The lowest BCUT2D eigenvalue weighted by Gasteiger charge is -2.28. The van der Waals surface area contributed by atoms with Crippen LogP contribution < -0.4 is 0 Å². The van der Waals surface area contributed by atoms with E-state index in [0.29, 0.717) is 0 Å². The molecule has 0 spiro atoms. The Morgan fingerprint density at radius 2 is 2.04 bits per heavy atom. The molecule has 0 bridgehead atoms. The zero-order valence-corrected chi connectivity index (χ0v) is 14.7. The predicted octanol–water partition coefficient (Wildman–Crippen LogP) is 5.11. The van der Waals surface area contributed by atoms with E-state index in [4.69, 9.17) is 11.6 Å². The van der Waals surface area contributed by atoms with Crippen LogP contribution in [0.4, 0.5) is 0 Å². The molecular weight excluding hydrogens is 326 g/mol. The van der Waals surface area contributed by atoms with Crippen molar-refractivity contribution >= 4 is 29.3 Å². The van der Waals surface area contributed by atoms with Crippen LogP contribution in [0.25, 0.3) is 0 Å².